The number of rotatable bonds is 10. The summed E-state index contributed by atoms with van der Waals surface area (Å²) >= 11 is 0. The van der Waals surface area contributed by atoms with Crippen molar-refractivity contribution in [2.24, 2.45) is 0 Å². The van der Waals surface area contributed by atoms with Gasteiger partial charge in [-0.25, -0.2) is 17.2 Å². The van der Waals surface area contributed by atoms with Gasteiger partial charge in [0.1, 0.15) is 16.5 Å². The summed E-state index contributed by atoms with van der Waals surface area (Å²) in [6.45, 7) is 5.45. The van der Waals surface area contributed by atoms with Gasteiger partial charge in [0, 0.05) is 24.8 Å². The summed E-state index contributed by atoms with van der Waals surface area (Å²) in [7, 11) is -3.84. The topological polar surface area (TPSA) is 84.9 Å². The second-order valence-electron chi connectivity index (χ2n) is 6.10. The van der Waals surface area contributed by atoms with Gasteiger partial charge in [0.05, 0.1) is 6.61 Å². The molecule has 0 atom stereocenters. The highest BCUT2D eigenvalue weighted by Crippen LogP contribution is 2.30. The number of ether oxygens (including phenoxy) is 2. The van der Waals surface area contributed by atoms with E-state index in [2.05, 4.69) is 5.32 Å². The van der Waals surface area contributed by atoms with Crippen molar-refractivity contribution in [2.75, 3.05) is 31.6 Å². The number of nitrogens with one attached hydrogen (secondary N) is 1. The molecule has 7 nitrogen and oxygen atoms in total. The molecule has 10 heteroatoms. The zero-order chi connectivity index (χ0) is 22.3. The minimum atomic E-state index is -3.84. The predicted molar refractivity (Wildman–Crippen MR) is 108 cm³/mol. The monoisotopic (exact) mass is 442 g/mol. The van der Waals surface area contributed by atoms with E-state index in [4.69, 9.17) is 9.47 Å². The summed E-state index contributed by atoms with van der Waals surface area (Å²) in [4.78, 5) is 12.1. The zero-order valence-electron chi connectivity index (χ0n) is 16.9. The van der Waals surface area contributed by atoms with Crippen molar-refractivity contribution in [1.82, 2.24) is 4.31 Å². The lowest BCUT2D eigenvalue weighted by Gasteiger charge is -2.21. The van der Waals surface area contributed by atoms with Crippen LogP contribution in [0.5, 0.6) is 11.5 Å². The maximum Gasteiger partial charge on any atom is 0.262 e. The SMILES string of the molecule is CCOc1ccc(NC(=O)COc2ccc(F)cc2F)cc1S(=O)(=O)N(CC)CC. The maximum absolute atomic E-state index is 13.6. The average Bonchev–Trinajstić information content (AvgIpc) is 2.69. The van der Waals surface area contributed by atoms with E-state index >= 15 is 0 Å². The number of sulfonamides is 1. The number of benzene rings is 2. The van der Waals surface area contributed by atoms with E-state index < -0.39 is 34.2 Å². The number of halogens is 2. The fourth-order valence-corrected chi connectivity index (χ4v) is 4.31. The molecule has 0 radical (unpaired) electrons. The van der Waals surface area contributed by atoms with Gasteiger partial charge in [-0.1, -0.05) is 13.8 Å². The molecule has 0 aliphatic heterocycles. The van der Waals surface area contributed by atoms with Crippen LogP contribution in [0, 0.1) is 11.6 Å². The summed E-state index contributed by atoms with van der Waals surface area (Å²) in [5, 5.41) is 2.50. The van der Waals surface area contributed by atoms with Crippen LogP contribution in [0.25, 0.3) is 0 Å². The highest BCUT2D eigenvalue weighted by molar-refractivity contribution is 7.89. The molecule has 2 aromatic rings. The Morgan fingerprint density at radius 2 is 1.67 bits per heavy atom. The van der Waals surface area contributed by atoms with Crippen LogP contribution in [-0.2, 0) is 14.8 Å². The summed E-state index contributed by atoms with van der Waals surface area (Å²) in [6, 6.07) is 6.97. The first-order valence-electron chi connectivity index (χ1n) is 9.37. The first-order valence-corrected chi connectivity index (χ1v) is 10.8. The predicted octanol–water partition coefficient (Wildman–Crippen LogP) is 3.41. The van der Waals surface area contributed by atoms with Crippen LogP contribution in [0.2, 0.25) is 0 Å². The van der Waals surface area contributed by atoms with E-state index in [0.717, 1.165) is 12.1 Å². The highest BCUT2D eigenvalue weighted by Gasteiger charge is 2.26. The number of hydrogen-bond donors (Lipinski definition) is 1. The van der Waals surface area contributed by atoms with Gasteiger partial charge in [-0.2, -0.15) is 4.31 Å². The van der Waals surface area contributed by atoms with Crippen LogP contribution in [0.15, 0.2) is 41.3 Å². The molecule has 0 unspecified atom stereocenters. The molecule has 0 aliphatic carbocycles. The Kier molecular flexibility index (Phi) is 8.13. The lowest BCUT2D eigenvalue weighted by atomic mass is 10.3. The van der Waals surface area contributed by atoms with Crippen molar-refractivity contribution in [2.45, 2.75) is 25.7 Å². The molecule has 0 fully saturated rings. The lowest BCUT2D eigenvalue weighted by molar-refractivity contribution is -0.118. The number of anilines is 1. The standard InChI is InChI=1S/C20H24F2N2O5S/c1-4-24(5-2)30(26,27)19-12-15(8-10-18(19)28-6-3)23-20(25)13-29-17-9-7-14(21)11-16(17)22/h7-12H,4-6,13H2,1-3H3,(H,23,25). The van der Waals surface area contributed by atoms with E-state index in [1.54, 1.807) is 20.8 Å². The van der Waals surface area contributed by atoms with Crippen molar-refractivity contribution < 1.29 is 31.5 Å². The van der Waals surface area contributed by atoms with Crippen LogP contribution in [0.3, 0.4) is 0 Å². The molecule has 1 amide bonds. The second kappa shape index (κ2) is 10.4. The Morgan fingerprint density at radius 3 is 2.27 bits per heavy atom. The Bertz CT molecular complexity index is 995. The smallest absolute Gasteiger partial charge is 0.262 e. The summed E-state index contributed by atoms with van der Waals surface area (Å²) in [5.41, 5.74) is 0.206. The van der Waals surface area contributed by atoms with Crippen LogP contribution in [-0.4, -0.2) is 44.9 Å². The van der Waals surface area contributed by atoms with Gasteiger partial charge in [0.2, 0.25) is 10.0 Å². The Hall–Kier alpha value is -2.72. The lowest BCUT2D eigenvalue weighted by Crippen LogP contribution is -2.31. The summed E-state index contributed by atoms with van der Waals surface area (Å²) in [5.74, 6) is -2.44. The minimum absolute atomic E-state index is 0.0728. The Balaban J connectivity index is 2.20. The van der Waals surface area contributed by atoms with E-state index in [0.29, 0.717) is 6.07 Å². The molecule has 1 N–H and O–H groups in total. The van der Waals surface area contributed by atoms with Crippen LogP contribution in [0.1, 0.15) is 20.8 Å². The molecule has 2 rings (SSSR count). The number of carbonyl (C=O) groups is 1. The van der Waals surface area contributed by atoms with E-state index in [1.807, 2.05) is 0 Å². The molecule has 0 aliphatic rings. The van der Waals surface area contributed by atoms with Crippen molar-refractivity contribution >= 4 is 21.6 Å². The number of hydrogen-bond acceptors (Lipinski definition) is 5. The first-order chi connectivity index (χ1) is 14.2. The molecule has 0 heterocycles. The quantitative estimate of drug-likeness (QED) is 0.610. The minimum Gasteiger partial charge on any atom is -0.492 e. The Morgan fingerprint density at radius 1 is 1.00 bits per heavy atom. The van der Waals surface area contributed by atoms with E-state index in [9.17, 15) is 22.0 Å². The summed E-state index contributed by atoms with van der Waals surface area (Å²) in [6.07, 6.45) is 0. The Labute approximate surface area is 174 Å². The molecule has 0 spiro atoms. The molecule has 30 heavy (non-hydrogen) atoms. The van der Waals surface area contributed by atoms with E-state index in [1.165, 1.54) is 22.5 Å². The highest BCUT2D eigenvalue weighted by atomic mass is 32.2. The second-order valence-corrected chi connectivity index (χ2v) is 8.00. The van der Waals surface area contributed by atoms with Gasteiger partial charge < -0.3 is 14.8 Å². The van der Waals surface area contributed by atoms with Gasteiger partial charge in [-0.3, -0.25) is 4.79 Å². The third-order valence-electron chi connectivity index (χ3n) is 4.10. The maximum atomic E-state index is 13.6. The third kappa shape index (κ3) is 5.67. The molecular weight excluding hydrogens is 418 g/mol. The molecule has 164 valence electrons. The molecule has 0 aromatic heterocycles. The number of carbonyl (C=O) groups excluding carboxylic acids is 1. The van der Waals surface area contributed by atoms with Gasteiger partial charge in [0.15, 0.2) is 18.2 Å². The van der Waals surface area contributed by atoms with E-state index in [-0.39, 0.29) is 41.8 Å². The molecule has 0 saturated heterocycles. The molecular formula is C20H24F2N2O5S. The first kappa shape index (κ1) is 23.6. The van der Waals surface area contributed by atoms with Gasteiger partial charge in [-0.05, 0) is 37.3 Å². The van der Waals surface area contributed by atoms with Gasteiger partial charge in [0.25, 0.3) is 5.91 Å². The largest absolute Gasteiger partial charge is 0.492 e. The molecule has 0 saturated carbocycles. The van der Waals surface area contributed by atoms with Crippen molar-refractivity contribution in [3.05, 3.63) is 48.0 Å². The zero-order valence-corrected chi connectivity index (χ0v) is 17.8. The third-order valence-corrected chi connectivity index (χ3v) is 6.17. The van der Waals surface area contributed by atoms with Crippen molar-refractivity contribution in [1.29, 1.82) is 0 Å². The number of amides is 1. The molecule has 0 bridgehead atoms. The van der Waals surface area contributed by atoms with Crippen LogP contribution < -0.4 is 14.8 Å². The molecule has 2 aromatic carbocycles. The van der Waals surface area contributed by atoms with Gasteiger partial charge in [-0.15, -0.1) is 0 Å². The average molecular weight is 442 g/mol. The fourth-order valence-electron chi connectivity index (χ4n) is 2.70. The van der Waals surface area contributed by atoms with Crippen molar-refractivity contribution in [3.8, 4) is 11.5 Å². The van der Waals surface area contributed by atoms with Crippen LogP contribution in [0.4, 0.5) is 14.5 Å². The normalized spacial score (nSPS) is 11.4. The van der Waals surface area contributed by atoms with Crippen LogP contribution >= 0.6 is 0 Å². The fraction of sp³-hybridized carbons (Fsp3) is 0.350. The van der Waals surface area contributed by atoms with Crippen molar-refractivity contribution in [3.63, 3.8) is 0 Å². The number of nitrogens with zero attached hydrogens (tertiary/aromatic N) is 1. The summed E-state index contributed by atoms with van der Waals surface area (Å²) < 4.78 is 64.2. The van der Waals surface area contributed by atoms with Gasteiger partial charge >= 0.3 is 0 Å².